The molecule has 0 aliphatic carbocycles. The molecule has 1 amide bonds. The van der Waals surface area contributed by atoms with Gasteiger partial charge in [-0.3, -0.25) is 4.79 Å². The van der Waals surface area contributed by atoms with Crippen molar-refractivity contribution in [3.63, 3.8) is 0 Å². The van der Waals surface area contributed by atoms with Gasteiger partial charge in [-0.1, -0.05) is 12.1 Å². The van der Waals surface area contributed by atoms with Crippen LogP contribution in [0.15, 0.2) is 30.5 Å². The lowest BCUT2D eigenvalue weighted by atomic mass is 9.95. The molecule has 1 saturated heterocycles. The van der Waals surface area contributed by atoms with Crippen molar-refractivity contribution >= 4 is 17.6 Å². The van der Waals surface area contributed by atoms with Crippen LogP contribution in [0.2, 0.25) is 0 Å². The molecule has 110 valence electrons. The van der Waals surface area contributed by atoms with Gasteiger partial charge in [-0.15, -0.1) is 0 Å². The summed E-state index contributed by atoms with van der Waals surface area (Å²) in [5, 5.41) is 9.35. The van der Waals surface area contributed by atoms with E-state index in [4.69, 9.17) is 0 Å². The van der Waals surface area contributed by atoms with E-state index in [2.05, 4.69) is 8.75 Å². The minimum atomic E-state index is -0.0211. The van der Waals surface area contributed by atoms with Crippen molar-refractivity contribution in [3.05, 3.63) is 41.7 Å². The third kappa shape index (κ3) is 3.21. The third-order valence-corrected chi connectivity index (χ3v) is 4.35. The van der Waals surface area contributed by atoms with E-state index < -0.39 is 0 Å². The standard InChI is InChI=1S/C15H17N3O2S/c19-13-6-4-11(5-7-13)9-12-3-1-2-8-18(12)15(20)14-10-16-21-17-14/h4-7,10,12,19H,1-3,8-9H2. The Balaban J connectivity index is 1.75. The molecule has 2 heterocycles. The van der Waals surface area contributed by atoms with Gasteiger partial charge in [0, 0.05) is 12.6 Å². The first kappa shape index (κ1) is 14.0. The lowest BCUT2D eigenvalue weighted by Gasteiger charge is -2.35. The molecule has 1 fully saturated rings. The van der Waals surface area contributed by atoms with Crippen LogP contribution in [0, 0.1) is 0 Å². The number of benzene rings is 1. The fourth-order valence-electron chi connectivity index (χ4n) is 2.79. The van der Waals surface area contributed by atoms with Crippen LogP contribution in [0.1, 0.15) is 35.3 Å². The molecule has 1 N–H and O–H groups in total. The number of rotatable bonds is 3. The van der Waals surface area contributed by atoms with E-state index in [0.29, 0.717) is 5.69 Å². The second-order valence-electron chi connectivity index (χ2n) is 5.31. The van der Waals surface area contributed by atoms with E-state index in [1.807, 2.05) is 17.0 Å². The summed E-state index contributed by atoms with van der Waals surface area (Å²) in [6, 6.07) is 7.40. The molecule has 3 rings (SSSR count). The lowest BCUT2D eigenvalue weighted by molar-refractivity contribution is 0.0608. The Morgan fingerprint density at radius 2 is 2.14 bits per heavy atom. The molecule has 0 spiro atoms. The van der Waals surface area contributed by atoms with Crippen molar-refractivity contribution in [1.82, 2.24) is 13.6 Å². The molecular weight excluding hydrogens is 286 g/mol. The topological polar surface area (TPSA) is 66.3 Å². The number of likely N-dealkylation sites (tertiary alicyclic amines) is 1. The summed E-state index contributed by atoms with van der Waals surface area (Å²) in [5.74, 6) is 0.246. The van der Waals surface area contributed by atoms with Gasteiger partial charge in [-0.05, 0) is 43.4 Å². The quantitative estimate of drug-likeness (QED) is 0.946. The van der Waals surface area contributed by atoms with E-state index in [-0.39, 0.29) is 17.7 Å². The number of amides is 1. The molecule has 1 unspecified atom stereocenters. The Morgan fingerprint density at radius 1 is 1.33 bits per heavy atom. The number of carbonyl (C=O) groups excluding carboxylic acids is 1. The van der Waals surface area contributed by atoms with Gasteiger partial charge >= 0.3 is 0 Å². The number of phenolic OH excluding ortho intramolecular Hbond substituents is 1. The highest BCUT2D eigenvalue weighted by Gasteiger charge is 2.28. The molecule has 0 radical (unpaired) electrons. The number of aromatic hydroxyl groups is 1. The summed E-state index contributed by atoms with van der Waals surface area (Å²) in [7, 11) is 0. The first-order valence-electron chi connectivity index (χ1n) is 7.10. The molecule has 6 heteroatoms. The molecule has 1 atom stereocenters. The number of piperidine rings is 1. The highest BCUT2D eigenvalue weighted by atomic mass is 32.1. The minimum absolute atomic E-state index is 0.0211. The van der Waals surface area contributed by atoms with Crippen LogP contribution < -0.4 is 0 Å². The number of phenols is 1. The molecule has 1 aromatic heterocycles. The molecule has 1 aromatic carbocycles. The van der Waals surface area contributed by atoms with Crippen LogP contribution in [0.4, 0.5) is 0 Å². The second kappa shape index (κ2) is 6.22. The summed E-state index contributed by atoms with van der Waals surface area (Å²) >= 11 is 1.06. The first-order valence-corrected chi connectivity index (χ1v) is 7.83. The van der Waals surface area contributed by atoms with Crippen molar-refractivity contribution in [1.29, 1.82) is 0 Å². The number of aromatic nitrogens is 2. The number of carbonyl (C=O) groups is 1. The maximum atomic E-state index is 12.5. The summed E-state index contributed by atoms with van der Waals surface area (Å²) in [6.45, 7) is 0.777. The highest BCUT2D eigenvalue weighted by Crippen LogP contribution is 2.23. The smallest absolute Gasteiger partial charge is 0.275 e. The number of hydrogen-bond donors (Lipinski definition) is 1. The predicted octanol–water partition coefficient (Wildman–Crippen LogP) is 2.48. The molecule has 2 aromatic rings. The monoisotopic (exact) mass is 303 g/mol. The van der Waals surface area contributed by atoms with E-state index in [9.17, 15) is 9.90 Å². The van der Waals surface area contributed by atoms with Crippen molar-refractivity contribution in [3.8, 4) is 5.75 Å². The second-order valence-corrected chi connectivity index (χ2v) is 5.87. The van der Waals surface area contributed by atoms with Crippen LogP contribution in [-0.4, -0.2) is 37.2 Å². The molecule has 21 heavy (non-hydrogen) atoms. The zero-order chi connectivity index (χ0) is 14.7. The van der Waals surface area contributed by atoms with Crippen molar-refractivity contribution < 1.29 is 9.90 Å². The van der Waals surface area contributed by atoms with Crippen LogP contribution in [0.5, 0.6) is 5.75 Å². The van der Waals surface area contributed by atoms with Gasteiger partial charge in [0.15, 0.2) is 5.69 Å². The van der Waals surface area contributed by atoms with Crippen LogP contribution in [0.25, 0.3) is 0 Å². The Bertz CT molecular complexity index is 598. The Kier molecular flexibility index (Phi) is 4.15. The summed E-state index contributed by atoms with van der Waals surface area (Å²) in [5.41, 5.74) is 1.58. The Morgan fingerprint density at radius 3 is 2.86 bits per heavy atom. The third-order valence-electron chi connectivity index (χ3n) is 3.88. The Labute approximate surface area is 127 Å². The molecule has 0 saturated carbocycles. The van der Waals surface area contributed by atoms with Crippen LogP contribution in [0.3, 0.4) is 0 Å². The van der Waals surface area contributed by atoms with E-state index >= 15 is 0 Å². The lowest BCUT2D eigenvalue weighted by Crippen LogP contribution is -2.45. The highest BCUT2D eigenvalue weighted by molar-refractivity contribution is 6.99. The first-order chi connectivity index (χ1) is 10.2. The zero-order valence-electron chi connectivity index (χ0n) is 11.6. The average Bonchev–Trinajstić information content (AvgIpc) is 3.04. The molecule has 0 bridgehead atoms. The normalized spacial score (nSPS) is 18.7. The van der Waals surface area contributed by atoms with Gasteiger partial charge in [0.05, 0.1) is 17.9 Å². The van der Waals surface area contributed by atoms with Crippen molar-refractivity contribution in [2.45, 2.75) is 31.7 Å². The van der Waals surface area contributed by atoms with E-state index in [0.717, 1.165) is 49.5 Å². The fourth-order valence-corrected chi connectivity index (χ4v) is 3.20. The maximum absolute atomic E-state index is 12.5. The molecule has 5 nitrogen and oxygen atoms in total. The van der Waals surface area contributed by atoms with Gasteiger partial charge in [0.2, 0.25) is 0 Å². The molecule has 1 aliphatic rings. The van der Waals surface area contributed by atoms with Gasteiger partial charge < -0.3 is 10.0 Å². The van der Waals surface area contributed by atoms with Gasteiger partial charge in [0.1, 0.15) is 5.75 Å². The average molecular weight is 303 g/mol. The maximum Gasteiger partial charge on any atom is 0.275 e. The minimum Gasteiger partial charge on any atom is -0.508 e. The molecular formula is C15H17N3O2S. The van der Waals surface area contributed by atoms with Crippen molar-refractivity contribution in [2.24, 2.45) is 0 Å². The van der Waals surface area contributed by atoms with Gasteiger partial charge in [-0.2, -0.15) is 8.75 Å². The van der Waals surface area contributed by atoms with Gasteiger partial charge in [-0.25, -0.2) is 0 Å². The zero-order valence-corrected chi connectivity index (χ0v) is 12.4. The number of hydrogen-bond acceptors (Lipinski definition) is 5. The SMILES string of the molecule is O=C(c1cnsn1)N1CCCCC1Cc1ccc(O)cc1. The summed E-state index contributed by atoms with van der Waals surface area (Å²) in [6.07, 6.45) is 5.53. The van der Waals surface area contributed by atoms with Gasteiger partial charge in [0.25, 0.3) is 5.91 Å². The Hall–Kier alpha value is -1.95. The predicted molar refractivity (Wildman–Crippen MR) is 80.4 cm³/mol. The fraction of sp³-hybridized carbons (Fsp3) is 0.400. The number of nitrogens with zero attached hydrogens (tertiary/aromatic N) is 3. The van der Waals surface area contributed by atoms with E-state index in [1.54, 1.807) is 18.3 Å². The largest absolute Gasteiger partial charge is 0.508 e. The van der Waals surface area contributed by atoms with E-state index in [1.165, 1.54) is 0 Å². The summed E-state index contributed by atoms with van der Waals surface area (Å²) < 4.78 is 7.96. The summed E-state index contributed by atoms with van der Waals surface area (Å²) in [4.78, 5) is 14.4. The van der Waals surface area contributed by atoms with Crippen LogP contribution >= 0.6 is 11.7 Å². The van der Waals surface area contributed by atoms with Crippen LogP contribution in [-0.2, 0) is 6.42 Å². The van der Waals surface area contributed by atoms with Crippen molar-refractivity contribution in [2.75, 3.05) is 6.54 Å². The molecule has 1 aliphatic heterocycles.